The Morgan fingerprint density at radius 1 is 1.00 bits per heavy atom. The highest BCUT2D eigenvalue weighted by molar-refractivity contribution is 5.36. The molecule has 0 aromatic heterocycles. The summed E-state index contributed by atoms with van der Waals surface area (Å²) < 4.78 is 0. The van der Waals surface area contributed by atoms with Gasteiger partial charge in [0.25, 0.3) is 0 Å². The highest BCUT2D eigenvalue weighted by atomic mass is 14.8. The van der Waals surface area contributed by atoms with Gasteiger partial charge in [0.15, 0.2) is 0 Å². The molecule has 1 nitrogen and oxygen atoms in total. The molecule has 2 aliphatic rings. The Hall–Kier alpha value is -0.820. The molecule has 0 radical (unpaired) electrons. The second-order valence-electron chi connectivity index (χ2n) is 7.38. The first-order valence-corrected chi connectivity index (χ1v) is 7.90. The van der Waals surface area contributed by atoms with Crippen molar-refractivity contribution in [3.63, 3.8) is 0 Å². The normalized spacial score (nSPS) is 29.2. The third-order valence-electron chi connectivity index (χ3n) is 5.70. The second-order valence-corrected chi connectivity index (χ2v) is 7.38. The lowest BCUT2D eigenvalue weighted by Gasteiger charge is -2.48. The van der Waals surface area contributed by atoms with Crippen molar-refractivity contribution in [3.05, 3.63) is 34.9 Å². The molecular weight excluding hydrogens is 230 g/mol. The van der Waals surface area contributed by atoms with Crippen LogP contribution in [0.2, 0.25) is 0 Å². The van der Waals surface area contributed by atoms with Crippen molar-refractivity contribution in [2.24, 2.45) is 11.1 Å². The molecule has 0 spiro atoms. The van der Waals surface area contributed by atoms with Crippen molar-refractivity contribution in [1.82, 2.24) is 0 Å². The van der Waals surface area contributed by atoms with Crippen LogP contribution in [0, 0.1) is 5.41 Å². The Labute approximate surface area is 117 Å². The van der Waals surface area contributed by atoms with Crippen LogP contribution in [0.4, 0.5) is 0 Å². The molecule has 0 saturated heterocycles. The van der Waals surface area contributed by atoms with Crippen LogP contribution >= 0.6 is 0 Å². The molecule has 1 fully saturated rings. The molecule has 0 heterocycles. The molecule has 0 amide bonds. The predicted octanol–water partition coefficient (Wildman–Crippen LogP) is 4.02. The fourth-order valence-electron chi connectivity index (χ4n) is 4.02. The van der Waals surface area contributed by atoms with Crippen molar-refractivity contribution < 1.29 is 0 Å². The SMILES string of the molecule is CC1(C)CCCCC1(N)Cc1ccc2c(c1)CCC2. The predicted molar refractivity (Wildman–Crippen MR) is 81.3 cm³/mol. The van der Waals surface area contributed by atoms with Crippen molar-refractivity contribution in [1.29, 1.82) is 0 Å². The molecule has 3 rings (SSSR count). The van der Waals surface area contributed by atoms with Gasteiger partial charge in [-0.15, -0.1) is 0 Å². The third kappa shape index (κ3) is 2.33. The summed E-state index contributed by atoms with van der Waals surface area (Å²) in [5.74, 6) is 0. The van der Waals surface area contributed by atoms with Gasteiger partial charge < -0.3 is 5.73 Å². The minimum absolute atomic E-state index is 0.0158. The van der Waals surface area contributed by atoms with E-state index in [1.807, 2.05) is 0 Å². The lowest BCUT2D eigenvalue weighted by molar-refractivity contribution is 0.0990. The van der Waals surface area contributed by atoms with Crippen molar-refractivity contribution in [2.75, 3.05) is 0 Å². The van der Waals surface area contributed by atoms with E-state index in [1.54, 1.807) is 11.1 Å². The molecule has 2 N–H and O–H groups in total. The minimum atomic E-state index is -0.0158. The van der Waals surface area contributed by atoms with Crippen LogP contribution in [0.15, 0.2) is 18.2 Å². The molecule has 1 aromatic rings. The molecule has 0 bridgehead atoms. The van der Waals surface area contributed by atoms with Gasteiger partial charge in [-0.05, 0) is 60.6 Å². The Kier molecular flexibility index (Phi) is 3.21. The van der Waals surface area contributed by atoms with Crippen molar-refractivity contribution in [2.45, 2.75) is 70.8 Å². The summed E-state index contributed by atoms with van der Waals surface area (Å²) in [5.41, 5.74) is 11.7. The molecule has 1 unspecified atom stereocenters. The molecule has 1 saturated carbocycles. The number of rotatable bonds is 2. The summed E-state index contributed by atoms with van der Waals surface area (Å²) in [7, 11) is 0. The molecule has 2 aliphatic carbocycles. The van der Waals surface area contributed by atoms with Crippen molar-refractivity contribution >= 4 is 0 Å². The van der Waals surface area contributed by atoms with Crippen LogP contribution in [0.25, 0.3) is 0 Å². The first-order chi connectivity index (χ1) is 9.00. The standard InChI is InChI=1S/C18H27N/c1-17(2)10-3-4-11-18(17,19)13-14-8-9-15-6-5-7-16(15)12-14/h8-9,12H,3-7,10-11,13,19H2,1-2H3. The Bertz CT molecular complexity index is 475. The maximum Gasteiger partial charge on any atom is 0.0246 e. The zero-order valence-electron chi connectivity index (χ0n) is 12.5. The zero-order valence-corrected chi connectivity index (χ0v) is 12.5. The van der Waals surface area contributed by atoms with E-state index in [0.717, 1.165) is 6.42 Å². The van der Waals surface area contributed by atoms with Gasteiger partial charge in [-0.3, -0.25) is 0 Å². The van der Waals surface area contributed by atoms with Crippen LogP contribution in [0.3, 0.4) is 0 Å². The third-order valence-corrected chi connectivity index (χ3v) is 5.70. The maximum absolute atomic E-state index is 6.81. The molecule has 1 aromatic carbocycles. The molecule has 19 heavy (non-hydrogen) atoms. The van der Waals surface area contributed by atoms with Gasteiger partial charge in [0.1, 0.15) is 0 Å². The summed E-state index contributed by atoms with van der Waals surface area (Å²) >= 11 is 0. The average molecular weight is 257 g/mol. The average Bonchev–Trinajstić information content (AvgIpc) is 2.80. The first-order valence-electron chi connectivity index (χ1n) is 7.90. The van der Waals surface area contributed by atoms with E-state index < -0.39 is 0 Å². The number of aryl methyl sites for hydroxylation is 2. The molecule has 1 atom stereocenters. The number of benzene rings is 1. The van der Waals surface area contributed by atoms with Crippen LogP contribution in [0.1, 0.15) is 62.6 Å². The van der Waals surface area contributed by atoms with E-state index in [9.17, 15) is 0 Å². The minimum Gasteiger partial charge on any atom is -0.324 e. The number of nitrogens with two attached hydrogens (primary N) is 1. The summed E-state index contributed by atoms with van der Waals surface area (Å²) in [6, 6.07) is 7.10. The van der Waals surface area contributed by atoms with Crippen LogP contribution in [-0.2, 0) is 19.3 Å². The van der Waals surface area contributed by atoms with E-state index in [1.165, 1.54) is 50.5 Å². The van der Waals surface area contributed by atoms with E-state index in [4.69, 9.17) is 5.73 Å². The smallest absolute Gasteiger partial charge is 0.0246 e. The Morgan fingerprint density at radius 2 is 1.74 bits per heavy atom. The highest BCUT2D eigenvalue weighted by Gasteiger charge is 2.43. The first kappa shape index (κ1) is 13.2. The topological polar surface area (TPSA) is 26.0 Å². The van der Waals surface area contributed by atoms with Crippen molar-refractivity contribution in [3.8, 4) is 0 Å². The number of fused-ring (bicyclic) bond motifs is 1. The summed E-state index contributed by atoms with van der Waals surface area (Å²) in [4.78, 5) is 0. The molecule has 104 valence electrons. The highest BCUT2D eigenvalue weighted by Crippen LogP contribution is 2.44. The second kappa shape index (κ2) is 4.63. The van der Waals surface area contributed by atoms with Gasteiger partial charge in [0.05, 0.1) is 0 Å². The van der Waals surface area contributed by atoms with Crippen LogP contribution in [0.5, 0.6) is 0 Å². The summed E-state index contributed by atoms with van der Waals surface area (Å²) in [6.45, 7) is 4.72. The molecule has 1 heteroatoms. The molecule has 0 aliphatic heterocycles. The van der Waals surface area contributed by atoms with Gasteiger partial charge in [-0.25, -0.2) is 0 Å². The van der Waals surface area contributed by atoms with Gasteiger partial charge in [0, 0.05) is 5.54 Å². The summed E-state index contributed by atoms with van der Waals surface area (Å²) in [6.07, 6.45) is 10.0. The van der Waals surface area contributed by atoms with E-state index >= 15 is 0 Å². The van der Waals surface area contributed by atoms with Crippen LogP contribution < -0.4 is 5.73 Å². The van der Waals surface area contributed by atoms with Gasteiger partial charge in [0.2, 0.25) is 0 Å². The number of hydrogen-bond donors (Lipinski definition) is 1. The van der Waals surface area contributed by atoms with Gasteiger partial charge >= 0.3 is 0 Å². The van der Waals surface area contributed by atoms with Gasteiger partial charge in [-0.1, -0.05) is 44.9 Å². The number of hydrogen-bond acceptors (Lipinski definition) is 1. The Morgan fingerprint density at radius 3 is 2.53 bits per heavy atom. The monoisotopic (exact) mass is 257 g/mol. The van der Waals surface area contributed by atoms with Gasteiger partial charge in [-0.2, -0.15) is 0 Å². The van der Waals surface area contributed by atoms with E-state index in [0.29, 0.717) is 0 Å². The zero-order chi connectivity index (χ0) is 13.5. The van der Waals surface area contributed by atoms with E-state index in [-0.39, 0.29) is 11.0 Å². The quantitative estimate of drug-likeness (QED) is 0.851. The lowest BCUT2D eigenvalue weighted by atomic mass is 9.61. The van der Waals surface area contributed by atoms with Crippen LogP contribution in [-0.4, -0.2) is 5.54 Å². The Balaban J connectivity index is 1.84. The molecular formula is C18H27N. The largest absolute Gasteiger partial charge is 0.324 e. The summed E-state index contributed by atoms with van der Waals surface area (Å²) in [5, 5.41) is 0. The lowest BCUT2D eigenvalue weighted by Crippen LogP contribution is -2.56. The maximum atomic E-state index is 6.81. The fraction of sp³-hybridized carbons (Fsp3) is 0.667. The fourth-order valence-corrected chi connectivity index (χ4v) is 4.02. The van der Waals surface area contributed by atoms with E-state index in [2.05, 4.69) is 32.0 Å².